The monoisotopic (exact) mass is 291 g/mol. The predicted molar refractivity (Wildman–Crippen MR) is 85.6 cm³/mol. The quantitative estimate of drug-likeness (QED) is 0.790. The number of piperidine rings is 1. The summed E-state index contributed by atoms with van der Waals surface area (Å²) in [4.78, 5) is 14.2. The lowest BCUT2D eigenvalue weighted by Crippen LogP contribution is -2.36. The Labute approximate surface area is 126 Å². The van der Waals surface area contributed by atoms with E-state index in [0.29, 0.717) is 24.5 Å². The number of anilines is 2. The molecule has 0 aromatic heterocycles. The van der Waals surface area contributed by atoms with Gasteiger partial charge in [-0.15, -0.1) is 0 Å². The van der Waals surface area contributed by atoms with Gasteiger partial charge in [-0.05, 0) is 44.5 Å². The molecular weight excluding hydrogens is 266 g/mol. The molecule has 0 spiro atoms. The molecule has 0 aliphatic carbocycles. The first-order valence-electron chi connectivity index (χ1n) is 7.73. The summed E-state index contributed by atoms with van der Waals surface area (Å²) in [5, 5.41) is 2.88. The molecule has 1 aromatic rings. The van der Waals surface area contributed by atoms with E-state index in [1.807, 2.05) is 6.07 Å². The maximum absolute atomic E-state index is 12.1. The second-order valence-electron chi connectivity index (χ2n) is 5.48. The number of rotatable bonds is 6. The Balaban J connectivity index is 1.87. The molecule has 2 rings (SSSR count). The average molecular weight is 291 g/mol. The number of nitrogen functional groups attached to an aromatic ring is 1. The van der Waals surface area contributed by atoms with Crippen LogP contribution in [0.25, 0.3) is 0 Å². The van der Waals surface area contributed by atoms with Gasteiger partial charge in [0.05, 0.1) is 24.5 Å². The Morgan fingerprint density at radius 3 is 2.76 bits per heavy atom. The summed E-state index contributed by atoms with van der Waals surface area (Å²) in [6, 6.07) is 5.39. The Bertz CT molecular complexity index is 471. The first-order valence-corrected chi connectivity index (χ1v) is 7.73. The summed E-state index contributed by atoms with van der Waals surface area (Å²) >= 11 is 0. The zero-order valence-corrected chi connectivity index (χ0v) is 12.7. The molecule has 116 valence electrons. The zero-order chi connectivity index (χ0) is 15.1. The standard InChI is InChI=1S/C16H25N3O2/c1-2-10-21-13-6-7-15(14(17)11-13)18-16(20)12-19-8-4-3-5-9-19/h6-7,11H,2-5,8-10,12,17H2,1H3,(H,18,20). The summed E-state index contributed by atoms with van der Waals surface area (Å²) in [6.07, 6.45) is 4.58. The molecule has 21 heavy (non-hydrogen) atoms. The molecule has 1 aliphatic heterocycles. The van der Waals surface area contributed by atoms with E-state index in [1.54, 1.807) is 12.1 Å². The molecule has 5 heteroatoms. The normalized spacial score (nSPS) is 15.7. The van der Waals surface area contributed by atoms with E-state index < -0.39 is 0 Å². The lowest BCUT2D eigenvalue weighted by atomic mass is 10.1. The Hall–Kier alpha value is -1.75. The zero-order valence-electron chi connectivity index (χ0n) is 12.7. The summed E-state index contributed by atoms with van der Waals surface area (Å²) < 4.78 is 5.52. The van der Waals surface area contributed by atoms with Crippen LogP contribution < -0.4 is 15.8 Å². The minimum atomic E-state index is -0.00849. The summed E-state index contributed by atoms with van der Waals surface area (Å²) in [5.41, 5.74) is 7.16. The Morgan fingerprint density at radius 1 is 1.33 bits per heavy atom. The van der Waals surface area contributed by atoms with Crippen molar-refractivity contribution in [3.8, 4) is 5.75 Å². The van der Waals surface area contributed by atoms with Crippen molar-refractivity contribution < 1.29 is 9.53 Å². The van der Waals surface area contributed by atoms with Gasteiger partial charge in [0.2, 0.25) is 5.91 Å². The van der Waals surface area contributed by atoms with Crippen molar-refractivity contribution in [1.29, 1.82) is 0 Å². The molecule has 1 fully saturated rings. The van der Waals surface area contributed by atoms with Gasteiger partial charge in [-0.25, -0.2) is 0 Å². The van der Waals surface area contributed by atoms with Crippen LogP contribution in [0.2, 0.25) is 0 Å². The van der Waals surface area contributed by atoms with Crippen LogP contribution in [0.4, 0.5) is 11.4 Å². The van der Waals surface area contributed by atoms with E-state index in [1.165, 1.54) is 19.3 Å². The fourth-order valence-corrected chi connectivity index (χ4v) is 2.47. The van der Waals surface area contributed by atoms with Gasteiger partial charge in [0, 0.05) is 6.07 Å². The van der Waals surface area contributed by atoms with Crippen LogP contribution in [0.5, 0.6) is 5.75 Å². The van der Waals surface area contributed by atoms with Crippen molar-refractivity contribution >= 4 is 17.3 Å². The van der Waals surface area contributed by atoms with Crippen molar-refractivity contribution in [2.45, 2.75) is 32.6 Å². The number of hydrogen-bond acceptors (Lipinski definition) is 4. The number of carbonyl (C=O) groups is 1. The summed E-state index contributed by atoms with van der Waals surface area (Å²) in [7, 11) is 0. The van der Waals surface area contributed by atoms with Crippen LogP contribution in [-0.4, -0.2) is 37.0 Å². The van der Waals surface area contributed by atoms with Crippen molar-refractivity contribution in [2.75, 3.05) is 37.3 Å². The van der Waals surface area contributed by atoms with Crippen LogP contribution in [0.3, 0.4) is 0 Å². The third-order valence-electron chi connectivity index (χ3n) is 3.59. The minimum Gasteiger partial charge on any atom is -0.494 e. The van der Waals surface area contributed by atoms with Gasteiger partial charge in [-0.2, -0.15) is 0 Å². The van der Waals surface area contributed by atoms with Gasteiger partial charge in [0.15, 0.2) is 0 Å². The third-order valence-corrected chi connectivity index (χ3v) is 3.59. The summed E-state index contributed by atoms with van der Waals surface area (Å²) in [6.45, 7) is 5.17. The maximum atomic E-state index is 12.1. The minimum absolute atomic E-state index is 0.00849. The first kappa shape index (κ1) is 15.6. The van der Waals surface area contributed by atoms with E-state index in [-0.39, 0.29) is 5.91 Å². The second-order valence-corrected chi connectivity index (χ2v) is 5.48. The van der Waals surface area contributed by atoms with Gasteiger partial charge in [0.25, 0.3) is 0 Å². The highest BCUT2D eigenvalue weighted by Crippen LogP contribution is 2.24. The van der Waals surface area contributed by atoms with Crippen LogP contribution in [0.15, 0.2) is 18.2 Å². The topological polar surface area (TPSA) is 67.6 Å². The van der Waals surface area contributed by atoms with Crippen molar-refractivity contribution in [3.05, 3.63) is 18.2 Å². The number of nitrogens with zero attached hydrogens (tertiary/aromatic N) is 1. The van der Waals surface area contributed by atoms with Gasteiger partial charge in [-0.1, -0.05) is 13.3 Å². The molecule has 1 saturated heterocycles. The number of ether oxygens (including phenoxy) is 1. The Kier molecular flexibility index (Phi) is 5.87. The van der Waals surface area contributed by atoms with Crippen LogP contribution in [0.1, 0.15) is 32.6 Å². The highest BCUT2D eigenvalue weighted by atomic mass is 16.5. The predicted octanol–water partition coefficient (Wildman–Crippen LogP) is 2.48. The highest BCUT2D eigenvalue weighted by molar-refractivity contribution is 5.95. The molecule has 1 aliphatic rings. The number of benzene rings is 1. The van der Waals surface area contributed by atoms with Crippen LogP contribution in [-0.2, 0) is 4.79 Å². The molecule has 0 atom stereocenters. The van der Waals surface area contributed by atoms with Crippen molar-refractivity contribution in [3.63, 3.8) is 0 Å². The van der Waals surface area contributed by atoms with Gasteiger partial charge >= 0.3 is 0 Å². The molecule has 0 bridgehead atoms. The number of nitrogens with two attached hydrogens (primary N) is 1. The van der Waals surface area contributed by atoms with Crippen LogP contribution >= 0.6 is 0 Å². The van der Waals surface area contributed by atoms with E-state index in [4.69, 9.17) is 10.5 Å². The van der Waals surface area contributed by atoms with Gasteiger partial charge in [0.1, 0.15) is 5.75 Å². The molecule has 1 heterocycles. The fraction of sp³-hybridized carbons (Fsp3) is 0.562. The number of amides is 1. The number of likely N-dealkylation sites (tertiary alicyclic amines) is 1. The second kappa shape index (κ2) is 7.88. The molecule has 0 radical (unpaired) electrons. The maximum Gasteiger partial charge on any atom is 0.238 e. The third kappa shape index (κ3) is 4.93. The van der Waals surface area contributed by atoms with E-state index in [0.717, 1.165) is 25.3 Å². The van der Waals surface area contributed by atoms with Crippen molar-refractivity contribution in [1.82, 2.24) is 4.90 Å². The molecule has 1 amide bonds. The van der Waals surface area contributed by atoms with E-state index in [2.05, 4.69) is 17.1 Å². The number of nitrogens with one attached hydrogen (secondary N) is 1. The lowest BCUT2D eigenvalue weighted by Gasteiger charge is -2.25. The highest BCUT2D eigenvalue weighted by Gasteiger charge is 2.14. The van der Waals surface area contributed by atoms with Crippen LogP contribution in [0, 0.1) is 0 Å². The van der Waals surface area contributed by atoms with Crippen molar-refractivity contribution in [2.24, 2.45) is 0 Å². The van der Waals surface area contributed by atoms with E-state index in [9.17, 15) is 4.79 Å². The molecule has 1 aromatic carbocycles. The van der Waals surface area contributed by atoms with Gasteiger partial charge < -0.3 is 15.8 Å². The molecule has 3 N–H and O–H groups in total. The van der Waals surface area contributed by atoms with E-state index >= 15 is 0 Å². The first-order chi connectivity index (χ1) is 10.2. The number of carbonyl (C=O) groups excluding carboxylic acids is 1. The summed E-state index contributed by atoms with van der Waals surface area (Å²) in [5.74, 6) is 0.731. The molecular formula is C16H25N3O2. The lowest BCUT2D eigenvalue weighted by molar-refractivity contribution is -0.117. The smallest absolute Gasteiger partial charge is 0.238 e. The fourth-order valence-electron chi connectivity index (χ4n) is 2.47. The Morgan fingerprint density at radius 2 is 2.10 bits per heavy atom. The largest absolute Gasteiger partial charge is 0.494 e. The molecule has 0 saturated carbocycles. The molecule has 0 unspecified atom stereocenters. The number of hydrogen-bond donors (Lipinski definition) is 2. The molecule has 5 nitrogen and oxygen atoms in total. The average Bonchev–Trinajstić information content (AvgIpc) is 2.48. The SMILES string of the molecule is CCCOc1ccc(NC(=O)CN2CCCCC2)c(N)c1. The van der Waals surface area contributed by atoms with Gasteiger partial charge in [-0.3, -0.25) is 9.69 Å².